The number of ether oxygens (including phenoxy) is 2. The zero-order valence-electron chi connectivity index (χ0n) is 27.5. The number of hydrogen-bond acceptors (Lipinski definition) is 6. The average molecular weight is 675 g/mol. The molecule has 4 aromatic carbocycles. The molecule has 0 spiro atoms. The van der Waals surface area contributed by atoms with Crippen LogP contribution in [0.25, 0.3) is 11.4 Å². The van der Waals surface area contributed by atoms with Gasteiger partial charge in [-0.05, 0) is 73.5 Å². The monoisotopic (exact) mass is 674 g/mol. The molecule has 6 aromatic rings. The van der Waals surface area contributed by atoms with Crippen LogP contribution >= 0.6 is 0 Å². The molecule has 0 radical (unpaired) electrons. The predicted molar refractivity (Wildman–Crippen MR) is 186 cm³/mol. The molecule has 0 bridgehead atoms. The number of carboxylic acid groups (broad SMARTS) is 2. The van der Waals surface area contributed by atoms with Gasteiger partial charge in [-0.2, -0.15) is 0 Å². The van der Waals surface area contributed by atoms with Crippen molar-refractivity contribution in [3.8, 4) is 22.9 Å². The fourth-order valence-electron chi connectivity index (χ4n) is 6.10. The molecule has 0 amide bonds. The molecule has 0 aliphatic carbocycles. The molecule has 254 valence electrons. The van der Waals surface area contributed by atoms with E-state index in [4.69, 9.17) is 9.47 Å². The van der Waals surface area contributed by atoms with Gasteiger partial charge in [0.25, 0.3) is 11.1 Å². The smallest absolute Gasteiger partial charge is 0.335 e. The van der Waals surface area contributed by atoms with Gasteiger partial charge in [0.2, 0.25) is 0 Å². The van der Waals surface area contributed by atoms with Crippen molar-refractivity contribution in [2.75, 3.05) is 13.7 Å². The van der Waals surface area contributed by atoms with Crippen LogP contribution in [0.4, 0.5) is 0 Å². The van der Waals surface area contributed by atoms with Crippen molar-refractivity contribution in [3.05, 3.63) is 163 Å². The van der Waals surface area contributed by atoms with Crippen molar-refractivity contribution in [2.45, 2.75) is 26.2 Å². The van der Waals surface area contributed by atoms with E-state index in [1.807, 2.05) is 30.3 Å². The Morgan fingerprint density at radius 1 is 0.700 bits per heavy atom. The summed E-state index contributed by atoms with van der Waals surface area (Å²) in [7, 11) is 1.51. The van der Waals surface area contributed by atoms with Crippen molar-refractivity contribution >= 4 is 11.9 Å². The van der Waals surface area contributed by atoms with E-state index in [0.29, 0.717) is 52.9 Å². The lowest BCUT2D eigenvalue weighted by Crippen LogP contribution is -2.25. The number of rotatable bonds is 12. The van der Waals surface area contributed by atoms with Gasteiger partial charge < -0.3 is 19.7 Å². The number of methoxy groups -OCH3 is 1. The summed E-state index contributed by atoms with van der Waals surface area (Å²) in [5.41, 5.74) is 2.68. The van der Waals surface area contributed by atoms with Gasteiger partial charge in [0.05, 0.1) is 47.3 Å². The molecule has 0 fully saturated rings. The fourth-order valence-corrected chi connectivity index (χ4v) is 6.10. The molecular weight excluding hydrogens is 640 g/mol. The van der Waals surface area contributed by atoms with Crippen LogP contribution < -0.4 is 20.6 Å². The van der Waals surface area contributed by atoms with E-state index < -0.39 is 29.0 Å². The van der Waals surface area contributed by atoms with E-state index in [-0.39, 0.29) is 22.3 Å². The van der Waals surface area contributed by atoms with Gasteiger partial charge in [0.15, 0.2) is 11.5 Å². The van der Waals surface area contributed by atoms with Crippen LogP contribution in [-0.4, -0.2) is 55.4 Å². The number of carboxylic acids is 2. The Balaban J connectivity index is 1.50. The molecule has 2 aromatic heterocycles. The van der Waals surface area contributed by atoms with Crippen molar-refractivity contribution in [3.63, 3.8) is 0 Å². The normalized spacial score (nSPS) is 11.1. The molecule has 50 heavy (non-hydrogen) atoms. The third kappa shape index (κ3) is 6.46. The number of nitrogens with zero attached hydrogens (tertiary/aromatic N) is 2. The highest BCUT2D eigenvalue weighted by molar-refractivity contribution is 5.88. The maximum Gasteiger partial charge on any atom is 0.335 e. The van der Waals surface area contributed by atoms with Crippen molar-refractivity contribution < 1.29 is 29.3 Å². The SMILES string of the molecule is COc1cc(C(c2c(C)[nH]n(-c3cccc(C(=O)O)c3)c2=O)c2c(C)[nH]n(-c3cccc(C(=O)O)c3)c2=O)ccc1OCCc1ccccc1. The van der Waals surface area contributed by atoms with Gasteiger partial charge >= 0.3 is 11.9 Å². The second kappa shape index (κ2) is 13.9. The van der Waals surface area contributed by atoms with Gasteiger partial charge in [-0.1, -0.05) is 48.5 Å². The first-order chi connectivity index (χ1) is 24.1. The van der Waals surface area contributed by atoms with Gasteiger partial charge in [-0.25, -0.2) is 19.0 Å². The highest BCUT2D eigenvalue weighted by Crippen LogP contribution is 2.37. The quantitative estimate of drug-likeness (QED) is 0.133. The molecule has 6 rings (SSSR count). The van der Waals surface area contributed by atoms with Crippen LogP contribution in [0.2, 0.25) is 0 Å². The number of benzene rings is 4. The highest BCUT2D eigenvalue weighted by Gasteiger charge is 2.32. The molecule has 0 saturated carbocycles. The van der Waals surface area contributed by atoms with E-state index in [9.17, 15) is 29.4 Å². The summed E-state index contributed by atoms with van der Waals surface area (Å²) in [4.78, 5) is 52.1. The van der Waals surface area contributed by atoms with E-state index in [2.05, 4.69) is 10.2 Å². The standard InChI is InChI=1S/C38H34N4O8/c1-22-32(35(43)41(39-22)28-13-7-11-26(19-28)37(45)46)34(33-23(2)40-42(36(33)44)29-14-8-12-27(20-29)38(47)48)25-15-16-30(31(21-25)49-3)50-18-17-24-9-5-4-6-10-24/h4-16,19-21,34,39-40H,17-18H2,1-3H3,(H,45,46)(H,47,48). The van der Waals surface area contributed by atoms with Crippen LogP contribution in [0.5, 0.6) is 11.5 Å². The van der Waals surface area contributed by atoms with Crippen LogP contribution in [0.15, 0.2) is 107 Å². The van der Waals surface area contributed by atoms with Crippen molar-refractivity contribution in [2.24, 2.45) is 0 Å². The zero-order chi connectivity index (χ0) is 35.5. The second-order valence-corrected chi connectivity index (χ2v) is 11.7. The molecule has 0 unspecified atom stereocenters. The lowest BCUT2D eigenvalue weighted by molar-refractivity contribution is 0.0686. The number of carbonyl (C=O) groups is 2. The largest absolute Gasteiger partial charge is 0.493 e. The Hall–Kier alpha value is -6.56. The third-order valence-electron chi connectivity index (χ3n) is 8.53. The summed E-state index contributed by atoms with van der Waals surface area (Å²) < 4.78 is 14.3. The first-order valence-corrected chi connectivity index (χ1v) is 15.7. The highest BCUT2D eigenvalue weighted by atomic mass is 16.5. The first kappa shape index (κ1) is 33.3. The summed E-state index contributed by atoms with van der Waals surface area (Å²) in [6, 6.07) is 27.1. The summed E-state index contributed by atoms with van der Waals surface area (Å²) >= 11 is 0. The van der Waals surface area contributed by atoms with Gasteiger partial charge in [-0.15, -0.1) is 0 Å². The minimum atomic E-state index is -1.14. The maximum absolute atomic E-state index is 14.3. The summed E-state index contributed by atoms with van der Waals surface area (Å²) in [5, 5.41) is 25.3. The Bertz CT molecular complexity index is 2220. The fraction of sp³-hybridized carbons (Fsp3) is 0.158. The van der Waals surface area contributed by atoms with E-state index in [1.165, 1.54) is 40.7 Å². The summed E-state index contributed by atoms with van der Waals surface area (Å²) in [6.07, 6.45) is 0.671. The molecule has 0 atom stereocenters. The molecule has 2 heterocycles. The zero-order valence-corrected chi connectivity index (χ0v) is 27.5. The maximum atomic E-state index is 14.3. The minimum Gasteiger partial charge on any atom is -0.493 e. The topological polar surface area (TPSA) is 169 Å². The molecule has 4 N–H and O–H groups in total. The van der Waals surface area contributed by atoms with Crippen molar-refractivity contribution in [1.82, 2.24) is 19.6 Å². The molecule has 0 aliphatic rings. The van der Waals surface area contributed by atoms with Crippen LogP contribution in [0, 0.1) is 13.8 Å². The van der Waals surface area contributed by atoms with Crippen molar-refractivity contribution in [1.29, 1.82) is 0 Å². The Labute approximate surface area is 285 Å². The van der Waals surface area contributed by atoms with Gasteiger partial charge in [0.1, 0.15) is 0 Å². The lowest BCUT2D eigenvalue weighted by Gasteiger charge is -2.18. The number of aromatic amines is 2. The van der Waals surface area contributed by atoms with Crippen LogP contribution in [0.3, 0.4) is 0 Å². The number of hydrogen-bond donors (Lipinski definition) is 4. The predicted octanol–water partition coefficient (Wildman–Crippen LogP) is 5.47. The summed E-state index contributed by atoms with van der Waals surface area (Å²) in [5.74, 6) is -2.35. The minimum absolute atomic E-state index is 0.000277. The number of aryl methyl sites for hydroxylation is 2. The van der Waals surface area contributed by atoms with Gasteiger partial charge in [-0.3, -0.25) is 19.8 Å². The Kier molecular flexibility index (Phi) is 9.26. The van der Waals surface area contributed by atoms with E-state index >= 15 is 0 Å². The Morgan fingerprint density at radius 3 is 1.74 bits per heavy atom. The average Bonchev–Trinajstić information content (AvgIpc) is 3.59. The first-order valence-electron chi connectivity index (χ1n) is 15.7. The van der Waals surface area contributed by atoms with E-state index in [1.54, 1.807) is 56.3 Å². The molecule has 0 aliphatic heterocycles. The molecule has 12 heteroatoms. The number of aromatic nitrogens is 4. The number of nitrogens with one attached hydrogen (secondary N) is 2. The molecule has 12 nitrogen and oxygen atoms in total. The Morgan fingerprint density at radius 2 is 1.24 bits per heavy atom. The van der Waals surface area contributed by atoms with E-state index in [0.717, 1.165) is 5.56 Å². The number of aromatic carboxylic acids is 2. The van der Waals surface area contributed by atoms with Crippen LogP contribution in [0.1, 0.15) is 60.3 Å². The molecular formula is C38H34N4O8. The lowest BCUT2D eigenvalue weighted by atomic mass is 9.85. The van der Waals surface area contributed by atoms with Crippen LogP contribution in [-0.2, 0) is 6.42 Å². The van der Waals surface area contributed by atoms with Gasteiger partial charge in [0, 0.05) is 23.7 Å². The number of H-pyrrole nitrogens is 2. The third-order valence-corrected chi connectivity index (χ3v) is 8.53. The molecule has 0 saturated heterocycles. The second-order valence-electron chi connectivity index (χ2n) is 11.7. The summed E-state index contributed by atoms with van der Waals surface area (Å²) in [6.45, 7) is 3.80.